The number of nitrogens with zero attached hydrogens (tertiary/aromatic N) is 2. The fourth-order valence-corrected chi connectivity index (χ4v) is 2.96. The predicted molar refractivity (Wildman–Crippen MR) is 98.1 cm³/mol. The largest absolute Gasteiger partial charge is 0.375 e. The standard InChI is InChI=1S/C19H24N4/c1-15(21-17-9-5-3-6-10-17)19-20-13-14-23(19)16(2)22-18-11-7-4-8-12-18/h3-12,15-16,21-22H,13-14H2,1-2H3. The van der Waals surface area contributed by atoms with E-state index in [0.29, 0.717) is 0 Å². The maximum Gasteiger partial charge on any atom is 0.123 e. The molecule has 1 aliphatic rings. The molecule has 1 aliphatic heterocycles. The highest BCUT2D eigenvalue weighted by Gasteiger charge is 2.26. The van der Waals surface area contributed by atoms with Crippen molar-refractivity contribution in [2.24, 2.45) is 4.99 Å². The molecule has 2 aromatic rings. The molecular formula is C19H24N4. The van der Waals surface area contributed by atoms with Gasteiger partial charge in [-0.1, -0.05) is 36.4 Å². The van der Waals surface area contributed by atoms with Gasteiger partial charge in [0.2, 0.25) is 0 Å². The zero-order valence-corrected chi connectivity index (χ0v) is 13.7. The van der Waals surface area contributed by atoms with Crippen molar-refractivity contribution >= 4 is 17.2 Å². The van der Waals surface area contributed by atoms with Gasteiger partial charge in [-0.15, -0.1) is 0 Å². The summed E-state index contributed by atoms with van der Waals surface area (Å²) < 4.78 is 0. The lowest BCUT2D eigenvalue weighted by Gasteiger charge is -2.32. The molecule has 4 nitrogen and oxygen atoms in total. The molecule has 0 bridgehead atoms. The van der Waals surface area contributed by atoms with Gasteiger partial charge in [-0.3, -0.25) is 4.99 Å². The third kappa shape index (κ3) is 3.83. The fraction of sp³-hybridized carbons (Fsp3) is 0.316. The van der Waals surface area contributed by atoms with Crippen molar-refractivity contribution in [1.29, 1.82) is 0 Å². The highest BCUT2D eigenvalue weighted by Crippen LogP contribution is 2.16. The van der Waals surface area contributed by atoms with Crippen LogP contribution in [0, 0.1) is 0 Å². The summed E-state index contributed by atoms with van der Waals surface area (Å²) >= 11 is 0. The first kappa shape index (κ1) is 15.4. The van der Waals surface area contributed by atoms with Crippen molar-refractivity contribution in [2.45, 2.75) is 26.1 Å². The van der Waals surface area contributed by atoms with E-state index >= 15 is 0 Å². The summed E-state index contributed by atoms with van der Waals surface area (Å²) in [5.41, 5.74) is 2.26. The first-order chi connectivity index (χ1) is 11.2. The first-order valence-corrected chi connectivity index (χ1v) is 8.18. The molecule has 3 rings (SSSR count). The molecule has 0 aliphatic carbocycles. The molecule has 2 atom stereocenters. The number of hydrogen-bond donors (Lipinski definition) is 2. The van der Waals surface area contributed by atoms with Crippen LogP contribution in [0.2, 0.25) is 0 Å². The molecule has 2 aromatic carbocycles. The highest BCUT2D eigenvalue weighted by molar-refractivity contribution is 5.91. The van der Waals surface area contributed by atoms with Gasteiger partial charge in [0.25, 0.3) is 0 Å². The Morgan fingerprint density at radius 3 is 2.04 bits per heavy atom. The Bertz CT molecular complexity index is 639. The lowest BCUT2D eigenvalue weighted by Crippen LogP contribution is -2.46. The van der Waals surface area contributed by atoms with Crippen LogP contribution >= 0.6 is 0 Å². The van der Waals surface area contributed by atoms with E-state index < -0.39 is 0 Å². The highest BCUT2D eigenvalue weighted by atomic mass is 15.3. The van der Waals surface area contributed by atoms with Crippen LogP contribution in [0.3, 0.4) is 0 Å². The molecule has 0 fully saturated rings. The Hall–Kier alpha value is -2.49. The summed E-state index contributed by atoms with van der Waals surface area (Å²) in [6.07, 6.45) is 0.207. The van der Waals surface area contributed by atoms with Gasteiger partial charge in [-0.25, -0.2) is 0 Å². The van der Waals surface area contributed by atoms with E-state index in [0.717, 1.165) is 30.3 Å². The lowest BCUT2D eigenvalue weighted by molar-refractivity contribution is 0.381. The predicted octanol–water partition coefficient (Wildman–Crippen LogP) is 3.66. The molecule has 0 saturated heterocycles. The van der Waals surface area contributed by atoms with E-state index in [1.54, 1.807) is 0 Å². The van der Waals surface area contributed by atoms with Crippen molar-refractivity contribution < 1.29 is 0 Å². The van der Waals surface area contributed by atoms with Gasteiger partial charge < -0.3 is 15.5 Å². The zero-order valence-electron chi connectivity index (χ0n) is 13.7. The topological polar surface area (TPSA) is 39.7 Å². The summed E-state index contributed by atoms with van der Waals surface area (Å²) in [5.74, 6) is 1.12. The van der Waals surface area contributed by atoms with Crippen LogP contribution in [-0.2, 0) is 0 Å². The second-order valence-corrected chi connectivity index (χ2v) is 5.85. The second-order valence-electron chi connectivity index (χ2n) is 5.85. The number of benzene rings is 2. The quantitative estimate of drug-likeness (QED) is 0.855. The number of nitrogens with one attached hydrogen (secondary N) is 2. The number of amidine groups is 1. The van der Waals surface area contributed by atoms with Gasteiger partial charge >= 0.3 is 0 Å². The Balaban J connectivity index is 1.65. The van der Waals surface area contributed by atoms with Crippen molar-refractivity contribution in [3.05, 3.63) is 60.7 Å². The van der Waals surface area contributed by atoms with Crippen molar-refractivity contribution in [3.8, 4) is 0 Å². The summed E-state index contributed by atoms with van der Waals surface area (Å²) in [4.78, 5) is 7.06. The summed E-state index contributed by atoms with van der Waals surface area (Å²) in [5, 5.41) is 7.08. The second kappa shape index (κ2) is 7.18. The van der Waals surface area contributed by atoms with Gasteiger partial charge in [0.15, 0.2) is 0 Å². The first-order valence-electron chi connectivity index (χ1n) is 8.18. The molecule has 120 valence electrons. The minimum absolute atomic E-state index is 0.180. The van der Waals surface area contributed by atoms with E-state index in [4.69, 9.17) is 4.99 Å². The molecule has 2 unspecified atom stereocenters. The minimum atomic E-state index is 0.180. The molecule has 23 heavy (non-hydrogen) atoms. The zero-order chi connectivity index (χ0) is 16.1. The third-order valence-corrected chi connectivity index (χ3v) is 4.07. The average Bonchev–Trinajstić information content (AvgIpc) is 3.06. The number of anilines is 2. The van der Waals surface area contributed by atoms with Gasteiger partial charge in [0.1, 0.15) is 5.84 Å². The SMILES string of the molecule is CC(Nc1ccccc1)C1=NCCN1C(C)Nc1ccccc1. The smallest absolute Gasteiger partial charge is 0.123 e. The number of para-hydroxylation sites is 2. The van der Waals surface area contributed by atoms with E-state index in [9.17, 15) is 0 Å². The van der Waals surface area contributed by atoms with Crippen LogP contribution in [0.15, 0.2) is 65.7 Å². The third-order valence-electron chi connectivity index (χ3n) is 4.07. The molecule has 0 amide bonds. The van der Waals surface area contributed by atoms with Crippen LogP contribution < -0.4 is 10.6 Å². The number of aliphatic imine (C=N–C) groups is 1. The number of hydrogen-bond acceptors (Lipinski definition) is 4. The van der Waals surface area contributed by atoms with E-state index in [-0.39, 0.29) is 12.2 Å². The Morgan fingerprint density at radius 2 is 1.43 bits per heavy atom. The molecule has 1 heterocycles. The normalized spacial score (nSPS) is 16.6. The van der Waals surface area contributed by atoms with Crippen molar-refractivity contribution in [3.63, 3.8) is 0 Å². The Morgan fingerprint density at radius 1 is 0.870 bits per heavy atom. The van der Waals surface area contributed by atoms with Crippen LogP contribution in [-0.4, -0.2) is 36.0 Å². The summed E-state index contributed by atoms with van der Waals surface area (Å²) in [7, 11) is 0. The summed E-state index contributed by atoms with van der Waals surface area (Å²) in [6.45, 7) is 6.16. The van der Waals surface area contributed by atoms with E-state index in [1.807, 2.05) is 36.4 Å². The maximum absolute atomic E-state index is 4.72. The van der Waals surface area contributed by atoms with Crippen LogP contribution in [0.25, 0.3) is 0 Å². The molecule has 0 spiro atoms. The average molecular weight is 308 g/mol. The molecular weight excluding hydrogens is 284 g/mol. The van der Waals surface area contributed by atoms with Crippen LogP contribution in [0.5, 0.6) is 0 Å². The molecule has 4 heteroatoms. The van der Waals surface area contributed by atoms with Gasteiger partial charge in [-0.2, -0.15) is 0 Å². The maximum atomic E-state index is 4.72. The fourth-order valence-electron chi connectivity index (χ4n) is 2.96. The molecule has 0 radical (unpaired) electrons. The van der Waals surface area contributed by atoms with Crippen LogP contribution in [0.4, 0.5) is 11.4 Å². The van der Waals surface area contributed by atoms with Gasteiger partial charge in [-0.05, 0) is 38.1 Å². The van der Waals surface area contributed by atoms with E-state index in [1.165, 1.54) is 0 Å². The Kier molecular flexibility index (Phi) is 4.81. The minimum Gasteiger partial charge on any atom is -0.375 e. The van der Waals surface area contributed by atoms with Gasteiger partial charge in [0.05, 0.1) is 18.8 Å². The van der Waals surface area contributed by atoms with Crippen molar-refractivity contribution in [2.75, 3.05) is 23.7 Å². The Labute approximate surface area is 138 Å². The van der Waals surface area contributed by atoms with Gasteiger partial charge in [0, 0.05) is 17.9 Å². The monoisotopic (exact) mass is 308 g/mol. The molecule has 0 aromatic heterocycles. The van der Waals surface area contributed by atoms with Crippen LogP contribution in [0.1, 0.15) is 13.8 Å². The van der Waals surface area contributed by atoms with E-state index in [2.05, 4.69) is 53.6 Å². The molecule has 0 saturated carbocycles. The van der Waals surface area contributed by atoms with Crippen molar-refractivity contribution in [1.82, 2.24) is 4.90 Å². The lowest BCUT2D eigenvalue weighted by atomic mass is 10.2. The number of rotatable bonds is 6. The molecule has 2 N–H and O–H groups in total. The summed E-state index contributed by atoms with van der Waals surface area (Å²) in [6, 6.07) is 20.8.